The molecule has 1 N–H and O–H groups in total. The number of aryl methyl sites for hydroxylation is 2. The van der Waals surface area contributed by atoms with Gasteiger partial charge in [-0.1, -0.05) is 23.8 Å². The van der Waals surface area contributed by atoms with E-state index >= 15 is 0 Å². The van der Waals surface area contributed by atoms with Gasteiger partial charge in [0.05, 0.1) is 11.4 Å². The maximum Gasteiger partial charge on any atom is 0.167 e. The standard InChI is InChI=1S/C26H26N2O/c1-15-6-7-18(9-15)11-22-21-12-19(10-16(2)20(21)13-25(22)29)23-14-28-24-5-4-8-27-26(24)17(23)3/h6,9-12,14,27H,4-5,7-8,13H2,1-3H3/b22-11-. The monoisotopic (exact) mass is 382 g/mol. The number of aromatic nitrogens is 1. The number of hydrogen-bond donors (Lipinski definition) is 1. The van der Waals surface area contributed by atoms with Crippen LogP contribution in [-0.2, 0) is 17.6 Å². The Hall–Kier alpha value is -2.94. The summed E-state index contributed by atoms with van der Waals surface area (Å²) < 4.78 is 0. The number of hydrogen-bond acceptors (Lipinski definition) is 3. The van der Waals surface area contributed by atoms with Gasteiger partial charge >= 0.3 is 0 Å². The molecule has 3 nitrogen and oxygen atoms in total. The van der Waals surface area contributed by atoms with Crippen molar-refractivity contribution in [1.82, 2.24) is 4.98 Å². The summed E-state index contributed by atoms with van der Waals surface area (Å²) in [5, 5.41) is 3.53. The van der Waals surface area contributed by atoms with E-state index in [0.717, 1.165) is 48.1 Å². The van der Waals surface area contributed by atoms with Gasteiger partial charge in [0.2, 0.25) is 0 Å². The smallest absolute Gasteiger partial charge is 0.167 e. The molecule has 1 aromatic carbocycles. The predicted octanol–water partition coefficient (Wildman–Crippen LogP) is 5.51. The van der Waals surface area contributed by atoms with Gasteiger partial charge in [0.1, 0.15) is 0 Å². The Morgan fingerprint density at radius 2 is 2.00 bits per heavy atom. The van der Waals surface area contributed by atoms with Crippen LogP contribution in [0.2, 0.25) is 0 Å². The molecule has 0 unspecified atom stereocenters. The van der Waals surface area contributed by atoms with Gasteiger partial charge in [-0.2, -0.15) is 0 Å². The van der Waals surface area contributed by atoms with Crippen molar-refractivity contribution in [1.29, 1.82) is 0 Å². The van der Waals surface area contributed by atoms with Crippen molar-refractivity contribution in [3.05, 3.63) is 75.7 Å². The zero-order chi connectivity index (χ0) is 20.1. The topological polar surface area (TPSA) is 42.0 Å². The van der Waals surface area contributed by atoms with Gasteiger partial charge in [0.25, 0.3) is 0 Å². The SMILES string of the molecule is CC1=CCC(/C=C2\C(=O)Cc3c(C)cc(-c4cnc5c(c4C)NCCC5)cc32)=C1. The van der Waals surface area contributed by atoms with Gasteiger partial charge in [-0.25, -0.2) is 0 Å². The minimum atomic E-state index is 0.229. The number of benzene rings is 1. The molecule has 0 saturated carbocycles. The molecule has 2 aromatic rings. The van der Waals surface area contributed by atoms with Crippen molar-refractivity contribution in [2.75, 3.05) is 11.9 Å². The highest BCUT2D eigenvalue weighted by molar-refractivity contribution is 6.26. The molecular formula is C26H26N2O. The molecule has 29 heavy (non-hydrogen) atoms. The molecule has 146 valence electrons. The lowest BCUT2D eigenvalue weighted by Crippen LogP contribution is -2.14. The number of nitrogens with one attached hydrogen (secondary N) is 1. The number of Topliss-reactive ketones (excluding diaryl/α,β-unsaturated/α-hetero) is 1. The first-order valence-corrected chi connectivity index (χ1v) is 10.5. The Labute approximate surface area is 172 Å². The third-order valence-electron chi connectivity index (χ3n) is 6.42. The molecule has 0 radical (unpaired) electrons. The van der Waals surface area contributed by atoms with E-state index in [-0.39, 0.29) is 5.78 Å². The van der Waals surface area contributed by atoms with Crippen LogP contribution >= 0.6 is 0 Å². The summed E-state index contributed by atoms with van der Waals surface area (Å²) in [7, 11) is 0. The number of ketones is 1. The summed E-state index contributed by atoms with van der Waals surface area (Å²) in [5.41, 5.74) is 12.7. The Morgan fingerprint density at radius 3 is 2.79 bits per heavy atom. The van der Waals surface area contributed by atoms with Crippen LogP contribution in [0.5, 0.6) is 0 Å². The van der Waals surface area contributed by atoms with Gasteiger partial charge in [0, 0.05) is 30.3 Å². The first-order valence-electron chi connectivity index (χ1n) is 10.5. The van der Waals surface area contributed by atoms with E-state index in [4.69, 9.17) is 4.98 Å². The number of carbonyl (C=O) groups is 1. The van der Waals surface area contributed by atoms with E-state index in [2.05, 4.69) is 56.4 Å². The van der Waals surface area contributed by atoms with Crippen LogP contribution in [0.1, 0.15) is 47.7 Å². The summed E-state index contributed by atoms with van der Waals surface area (Å²) in [5.74, 6) is 0.229. The van der Waals surface area contributed by atoms with Gasteiger partial charge in [-0.3, -0.25) is 9.78 Å². The molecule has 5 rings (SSSR count). The zero-order valence-electron chi connectivity index (χ0n) is 17.4. The van der Waals surface area contributed by atoms with Crippen molar-refractivity contribution in [2.45, 2.75) is 46.5 Å². The van der Waals surface area contributed by atoms with Crippen LogP contribution in [0.4, 0.5) is 5.69 Å². The first kappa shape index (κ1) is 18.1. The zero-order valence-corrected chi connectivity index (χ0v) is 17.4. The van der Waals surface area contributed by atoms with Gasteiger partial charge in [-0.05, 0) is 85.6 Å². The fraction of sp³-hybridized carbons (Fsp3) is 0.308. The second-order valence-corrected chi connectivity index (χ2v) is 8.50. The highest BCUT2D eigenvalue weighted by atomic mass is 16.1. The molecule has 2 heterocycles. The summed E-state index contributed by atoms with van der Waals surface area (Å²) in [6, 6.07) is 4.42. The predicted molar refractivity (Wildman–Crippen MR) is 119 cm³/mol. The molecular weight excluding hydrogens is 356 g/mol. The fourth-order valence-corrected chi connectivity index (χ4v) is 4.83. The summed E-state index contributed by atoms with van der Waals surface area (Å²) >= 11 is 0. The second-order valence-electron chi connectivity index (χ2n) is 8.50. The lowest BCUT2D eigenvalue weighted by molar-refractivity contribution is -0.112. The van der Waals surface area contributed by atoms with Crippen LogP contribution in [0, 0.1) is 13.8 Å². The van der Waals surface area contributed by atoms with E-state index in [0.29, 0.717) is 6.42 Å². The molecule has 1 aliphatic heterocycles. The number of nitrogens with zero attached hydrogens (tertiary/aromatic N) is 1. The minimum absolute atomic E-state index is 0.229. The van der Waals surface area contributed by atoms with Gasteiger partial charge < -0.3 is 5.32 Å². The molecule has 3 aliphatic rings. The van der Waals surface area contributed by atoms with Crippen molar-refractivity contribution in [3.63, 3.8) is 0 Å². The first-order chi connectivity index (χ1) is 14.0. The van der Waals surface area contributed by atoms with Gasteiger partial charge in [0.15, 0.2) is 5.78 Å². The van der Waals surface area contributed by atoms with Gasteiger partial charge in [-0.15, -0.1) is 0 Å². The lowest BCUT2D eigenvalue weighted by atomic mass is 9.92. The lowest BCUT2D eigenvalue weighted by Gasteiger charge is -2.21. The molecule has 0 saturated heterocycles. The third-order valence-corrected chi connectivity index (χ3v) is 6.42. The van der Waals surface area contributed by atoms with E-state index < -0.39 is 0 Å². The number of carbonyl (C=O) groups excluding carboxylic acids is 1. The van der Waals surface area contributed by atoms with E-state index in [1.165, 1.54) is 39.2 Å². The maximum atomic E-state index is 12.8. The largest absolute Gasteiger partial charge is 0.383 e. The third kappa shape index (κ3) is 3.05. The number of allylic oxidation sites excluding steroid dienone is 6. The normalized spacial score (nSPS) is 19.0. The Morgan fingerprint density at radius 1 is 1.14 bits per heavy atom. The summed E-state index contributed by atoms with van der Waals surface area (Å²) in [4.78, 5) is 17.6. The van der Waals surface area contributed by atoms with Crippen LogP contribution < -0.4 is 5.32 Å². The van der Waals surface area contributed by atoms with E-state index in [1.807, 2.05) is 6.20 Å². The van der Waals surface area contributed by atoms with Crippen molar-refractivity contribution >= 4 is 17.0 Å². The molecule has 0 fully saturated rings. The molecule has 1 aromatic heterocycles. The number of rotatable bonds is 2. The average molecular weight is 383 g/mol. The highest BCUT2D eigenvalue weighted by Gasteiger charge is 2.27. The quantitative estimate of drug-likeness (QED) is 0.697. The highest BCUT2D eigenvalue weighted by Crippen LogP contribution is 2.39. The van der Waals surface area contributed by atoms with Crippen LogP contribution in [-0.4, -0.2) is 17.3 Å². The molecule has 2 aliphatic carbocycles. The van der Waals surface area contributed by atoms with Crippen molar-refractivity contribution in [2.24, 2.45) is 0 Å². The van der Waals surface area contributed by atoms with E-state index in [9.17, 15) is 4.79 Å². The summed E-state index contributed by atoms with van der Waals surface area (Å²) in [6.45, 7) is 7.42. The maximum absolute atomic E-state index is 12.8. The molecule has 0 bridgehead atoms. The van der Waals surface area contributed by atoms with Crippen LogP contribution in [0.25, 0.3) is 16.7 Å². The Balaban J connectivity index is 1.62. The second kappa shape index (κ2) is 6.84. The molecule has 0 amide bonds. The summed E-state index contributed by atoms with van der Waals surface area (Å²) in [6.07, 6.45) is 12.1. The van der Waals surface area contributed by atoms with Crippen LogP contribution in [0.15, 0.2) is 47.7 Å². The number of pyridine rings is 1. The van der Waals surface area contributed by atoms with Crippen LogP contribution in [0.3, 0.4) is 0 Å². The Bertz CT molecular complexity index is 1150. The molecule has 3 heteroatoms. The van der Waals surface area contributed by atoms with E-state index in [1.54, 1.807) is 0 Å². The van der Waals surface area contributed by atoms with Crippen molar-refractivity contribution in [3.8, 4) is 11.1 Å². The minimum Gasteiger partial charge on any atom is -0.383 e. The molecule has 0 atom stereocenters. The number of fused-ring (bicyclic) bond motifs is 2. The van der Waals surface area contributed by atoms with Crippen molar-refractivity contribution < 1.29 is 4.79 Å². The molecule has 0 spiro atoms. The number of anilines is 1. The fourth-order valence-electron chi connectivity index (χ4n) is 4.83. The average Bonchev–Trinajstić information content (AvgIpc) is 3.26. The Kier molecular flexibility index (Phi) is 4.27.